The Morgan fingerprint density at radius 3 is 3.00 bits per heavy atom. The smallest absolute Gasteiger partial charge is 0.174 e. The fraction of sp³-hybridized carbons (Fsp3) is 0.278. The first kappa shape index (κ1) is 12.5. The summed E-state index contributed by atoms with van der Waals surface area (Å²) in [7, 11) is 0. The van der Waals surface area contributed by atoms with Crippen molar-refractivity contribution in [3.8, 4) is 0 Å². The molecule has 0 amide bonds. The Bertz CT molecular complexity index is 655. The SMILES string of the molecule is C1=COC2=C(C1)CC(Cc1ccccc1)C1OC=NC=C21. The predicted molar refractivity (Wildman–Crippen MR) is 81.6 cm³/mol. The molecule has 0 aromatic heterocycles. The number of allylic oxidation sites excluding steroid dienone is 2. The Balaban J connectivity index is 1.66. The molecule has 0 saturated heterocycles. The number of nitrogens with zero attached hydrogens (tertiary/aromatic N) is 1. The van der Waals surface area contributed by atoms with E-state index >= 15 is 0 Å². The standard InChI is InChI=1S/C18H17NO2/c1-2-5-13(6-3-1)9-15-10-14-7-4-8-20-17(14)16-11-19-12-21-18(15)16/h1-6,8,11-12,15,18H,7,9-10H2. The molecule has 21 heavy (non-hydrogen) atoms. The summed E-state index contributed by atoms with van der Waals surface area (Å²) in [6.07, 6.45) is 10.3. The molecule has 0 N–H and O–H groups in total. The summed E-state index contributed by atoms with van der Waals surface area (Å²) in [6, 6.07) is 10.6. The Morgan fingerprint density at radius 2 is 2.10 bits per heavy atom. The molecule has 3 heteroatoms. The molecule has 0 fully saturated rings. The third-order valence-corrected chi connectivity index (χ3v) is 4.30. The summed E-state index contributed by atoms with van der Waals surface area (Å²) in [5, 5.41) is 0. The maximum atomic E-state index is 5.82. The summed E-state index contributed by atoms with van der Waals surface area (Å²) in [5.74, 6) is 1.41. The predicted octanol–water partition coefficient (Wildman–Crippen LogP) is 3.75. The molecule has 3 nitrogen and oxygen atoms in total. The molecule has 106 valence electrons. The summed E-state index contributed by atoms with van der Waals surface area (Å²) in [4.78, 5) is 4.15. The first-order chi connectivity index (χ1) is 10.4. The van der Waals surface area contributed by atoms with E-state index in [1.165, 1.54) is 11.1 Å². The molecule has 2 aliphatic heterocycles. The van der Waals surface area contributed by atoms with Gasteiger partial charge in [-0.3, -0.25) is 0 Å². The van der Waals surface area contributed by atoms with Crippen molar-refractivity contribution >= 4 is 6.40 Å². The molecule has 2 heterocycles. The summed E-state index contributed by atoms with van der Waals surface area (Å²) < 4.78 is 11.5. The highest BCUT2D eigenvalue weighted by molar-refractivity contribution is 5.55. The van der Waals surface area contributed by atoms with Crippen LogP contribution in [0, 0.1) is 5.92 Å². The molecule has 0 saturated carbocycles. The molecule has 4 rings (SSSR count). The minimum Gasteiger partial charge on any atom is -0.475 e. The van der Waals surface area contributed by atoms with Crippen LogP contribution in [0.5, 0.6) is 0 Å². The van der Waals surface area contributed by atoms with Crippen LogP contribution in [-0.4, -0.2) is 12.5 Å². The van der Waals surface area contributed by atoms with Crippen LogP contribution in [0.25, 0.3) is 0 Å². The minimum atomic E-state index is 0.0490. The van der Waals surface area contributed by atoms with Crippen LogP contribution in [0.3, 0.4) is 0 Å². The third kappa shape index (κ3) is 2.29. The zero-order valence-electron chi connectivity index (χ0n) is 11.7. The van der Waals surface area contributed by atoms with E-state index in [9.17, 15) is 0 Å². The molecule has 3 aliphatic rings. The Labute approximate surface area is 124 Å². The lowest BCUT2D eigenvalue weighted by atomic mass is 9.77. The van der Waals surface area contributed by atoms with Crippen molar-refractivity contribution in [1.29, 1.82) is 0 Å². The molecule has 0 bridgehead atoms. The summed E-state index contributed by atoms with van der Waals surface area (Å²) in [6.45, 7) is 0. The number of fused-ring (bicyclic) bond motifs is 2. The molecule has 0 spiro atoms. The molecule has 1 aliphatic carbocycles. The van der Waals surface area contributed by atoms with Gasteiger partial charge in [-0.15, -0.1) is 0 Å². The van der Waals surface area contributed by atoms with E-state index in [0.29, 0.717) is 5.92 Å². The molecular weight excluding hydrogens is 262 g/mol. The maximum Gasteiger partial charge on any atom is 0.174 e. The highest BCUT2D eigenvalue weighted by Crippen LogP contribution is 2.41. The lowest BCUT2D eigenvalue weighted by Crippen LogP contribution is -2.35. The van der Waals surface area contributed by atoms with Crippen molar-refractivity contribution in [1.82, 2.24) is 0 Å². The van der Waals surface area contributed by atoms with Crippen molar-refractivity contribution in [2.45, 2.75) is 25.4 Å². The first-order valence-electron chi connectivity index (χ1n) is 7.37. The topological polar surface area (TPSA) is 30.8 Å². The average Bonchev–Trinajstić information content (AvgIpc) is 2.56. The van der Waals surface area contributed by atoms with Gasteiger partial charge in [0.2, 0.25) is 0 Å². The monoisotopic (exact) mass is 279 g/mol. The van der Waals surface area contributed by atoms with Gasteiger partial charge in [0.25, 0.3) is 0 Å². The van der Waals surface area contributed by atoms with E-state index in [-0.39, 0.29) is 6.10 Å². The van der Waals surface area contributed by atoms with Crippen LogP contribution in [0.2, 0.25) is 0 Å². The zero-order chi connectivity index (χ0) is 14.1. The lowest BCUT2D eigenvalue weighted by molar-refractivity contribution is 0.137. The first-order valence-corrected chi connectivity index (χ1v) is 7.37. The number of ether oxygens (including phenoxy) is 2. The Morgan fingerprint density at radius 1 is 1.19 bits per heavy atom. The van der Waals surface area contributed by atoms with Crippen molar-refractivity contribution < 1.29 is 9.47 Å². The van der Waals surface area contributed by atoms with Gasteiger partial charge in [-0.05, 0) is 36.5 Å². The van der Waals surface area contributed by atoms with Crippen molar-refractivity contribution in [2.75, 3.05) is 0 Å². The average molecular weight is 279 g/mol. The van der Waals surface area contributed by atoms with Crippen LogP contribution in [-0.2, 0) is 15.9 Å². The molecule has 1 aromatic carbocycles. The van der Waals surface area contributed by atoms with E-state index in [1.807, 2.05) is 6.20 Å². The largest absolute Gasteiger partial charge is 0.475 e. The van der Waals surface area contributed by atoms with Gasteiger partial charge in [0, 0.05) is 12.1 Å². The maximum absolute atomic E-state index is 5.82. The van der Waals surface area contributed by atoms with E-state index < -0.39 is 0 Å². The fourth-order valence-corrected chi connectivity index (χ4v) is 3.36. The van der Waals surface area contributed by atoms with Gasteiger partial charge in [0.05, 0.1) is 11.8 Å². The van der Waals surface area contributed by atoms with Gasteiger partial charge in [-0.25, -0.2) is 4.99 Å². The van der Waals surface area contributed by atoms with E-state index in [1.54, 1.807) is 12.7 Å². The molecule has 2 unspecified atom stereocenters. The fourth-order valence-electron chi connectivity index (χ4n) is 3.36. The summed E-state index contributed by atoms with van der Waals surface area (Å²) >= 11 is 0. The van der Waals surface area contributed by atoms with Gasteiger partial charge >= 0.3 is 0 Å². The number of benzene rings is 1. The normalized spacial score (nSPS) is 26.4. The quantitative estimate of drug-likeness (QED) is 0.825. The van der Waals surface area contributed by atoms with Crippen LogP contribution < -0.4 is 0 Å². The van der Waals surface area contributed by atoms with Gasteiger partial charge in [-0.1, -0.05) is 30.3 Å². The lowest BCUT2D eigenvalue weighted by Gasteiger charge is -2.37. The second kappa shape index (κ2) is 5.24. The molecule has 2 atom stereocenters. The number of hydrogen-bond donors (Lipinski definition) is 0. The molecule has 1 aromatic rings. The second-order valence-electron chi connectivity index (χ2n) is 5.68. The minimum absolute atomic E-state index is 0.0490. The number of rotatable bonds is 2. The number of hydrogen-bond acceptors (Lipinski definition) is 3. The summed E-state index contributed by atoms with van der Waals surface area (Å²) in [5.41, 5.74) is 3.80. The van der Waals surface area contributed by atoms with Crippen molar-refractivity contribution in [3.05, 3.63) is 71.3 Å². The van der Waals surface area contributed by atoms with Crippen LogP contribution in [0.15, 0.2) is 70.8 Å². The van der Waals surface area contributed by atoms with E-state index in [0.717, 1.165) is 30.6 Å². The van der Waals surface area contributed by atoms with Crippen LogP contribution >= 0.6 is 0 Å². The zero-order valence-corrected chi connectivity index (χ0v) is 11.7. The second-order valence-corrected chi connectivity index (χ2v) is 5.68. The Kier molecular flexibility index (Phi) is 3.11. The van der Waals surface area contributed by atoms with Gasteiger partial charge in [0.15, 0.2) is 6.40 Å². The molecule has 0 radical (unpaired) electrons. The number of aliphatic imine (C=N–C) groups is 1. The van der Waals surface area contributed by atoms with Crippen LogP contribution in [0.4, 0.5) is 0 Å². The van der Waals surface area contributed by atoms with Gasteiger partial charge in [-0.2, -0.15) is 0 Å². The van der Waals surface area contributed by atoms with Crippen LogP contribution in [0.1, 0.15) is 18.4 Å². The van der Waals surface area contributed by atoms with E-state index in [2.05, 4.69) is 41.4 Å². The highest BCUT2D eigenvalue weighted by Gasteiger charge is 2.37. The third-order valence-electron chi connectivity index (χ3n) is 4.30. The Hall–Kier alpha value is -2.29. The molecular formula is C18H17NO2. The van der Waals surface area contributed by atoms with Gasteiger partial charge in [0.1, 0.15) is 11.9 Å². The van der Waals surface area contributed by atoms with Crippen molar-refractivity contribution in [2.24, 2.45) is 10.9 Å². The highest BCUT2D eigenvalue weighted by atomic mass is 16.5. The van der Waals surface area contributed by atoms with Gasteiger partial charge < -0.3 is 9.47 Å². The van der Waals surface area contributed by atoms with E-state index in [4.69, 9.17) is 9.47 Å². The van der Waals surface area contributed by atoms with Crippen molar-refractivity contribution in [3.63, 3.8) is 0 Å².